The molecule has 112 valence electrons. The van der Waals surface area contributed by atoms with E-state index in [1.165, 1.54) is 25.0 Å². The SMILES string of the molecule is O=C(CNCC1CC1)Nc1cc2c(cc1[N+](=O)[O-])OCO2. The van der Waals surface area contributed by atoms with Crippen molar-refractivity contribution in [2.24, 2.45) is 5.92 Å². The molecule has 1 heterocycles. The van der Waals surface area contributed by atoms with E-state index in [0.717, 1.165) is 6.54 Å². The third kappa shape index (κ3) is 3.22. The number of carbonyl (C=O) groups excluding carboxylic acids is 1. The molecule has 1 saturated carbocycles. The molecule has 0 saturated heterocycles. The van der Waals surface area contributed by atoms with Gasteiger partial charge in [-0.15, -0.1) is 0 Å². The third-order valence-electron chi connectivity index (χ3n) is 3.38. The van der Waals surface area contributed by atoms with Gasteiger partial charge in [0, 0.05) is 6.07 Å². The zero-order chi connectivity index (χ0) is 14.8. The smallest absolute Gasteiger partial charge is 0.296 e. The third-order valence-corrected chi connectivity index (χ3v) is 3.38. The lowest BCUT2D eigenvalue weighted by atomic mass is 10.2. The summed E-state index contributed by atoms with van der Waals surface area (Å²) >= 11 is 0. The molecule has 0 bridgehead atoms. The Labute approximate surface area is 120 Å². The van der Waals surface area contributed by atoms with Crippen molar-refractivity contribution in [1.82, 2.24) is 5.32 Å². The molecule has 3 rings (SSSR count). The van der Waals surface area contributed by atoms with Crippen LogP contribution in [-0.2, 0) is 4.79 Å². The molecule has 21 heavy (non-hydrogen) atoms. The van der Waals surface area contributed by atoms with Gasteiger partial charge >= 0.3 is 0 Å². The van der Waals surface area contributed by atoms with Crippen molar-refractivity contribution in [3.63, 3.8) is 0 Å². The Balaban J connectivity index is 1.67. The van der Waals surface area contributed by atoms with Gasteiger partial charge in [-0.25, -0.2) is 0 Å². The minimum Gasteiger partial charge on any atom is -0.454 e. The number of anilines is 1. The highest BCUT2D eigenvalue weighted by molar-refractivity contribution is 5.95. The number of rotatable bonds is 6. The summed E-state index contributed by atoms with van der Waals surface area (Å²) in [5, 5.41) is 16.6. The summed E-state index contributed by atoms with van der Waals surface area (Å²) in [5.74, 6) is 1.05. The molecular weight excluding hydrogens is 278 g/mol. The maximum absolute atomic E-state index is 11.8. The van der Waals surface area contributed by atoms with Crippen LogP contribution in [0.2, 0.25) is 0 Å². The summed E-state index contributed by atoms with van der Waals surface area (Å²) in [6.45, 7) is 0.950. The molecule has 0 radical (unpaired) electrons. The minimum atomic E-state index is -0.560. The van der Waals surface area contributed by atoms with Crippen LogP contribution in [0.5, 0.6) is 11.5 Å². The van der Waals surface area contributed by atoms with Crippen molar-refractivity contribution in [1.29, 1.82) is 0 Å². The molecule has 8 heteroatoms. The Morgan fingerprint density at radius 1 is 1.33 bits per heavy atom. The zero-order valence-corrected chi connectivity index (χ0v) is 11.3. The molecule has 2 N–H and O–H groups in total. The van der Waals surface area contributed by atoms with Crippen molar-refractivity contribution in [3.8, 4) is 11.5 Å². The monoisotopic (exact) mass is 293 g/mol. The molecule has 2 aliphatic rings. The first-order valence-electron chi connectivity index (χ1n) is 6.72. The predicted octanol–water partition coefficient (Wildman–Crippen LogP) is 1.26. The zero-order valence-electron chi connectivity index (χ0n) is 11.3. The Morgan fingerprint density at radius 3 is 2.71 bits per heavy atom. The Bertz CT molecular complexity index is 585. The molecule has 0 spiro atoms. The highest BCUT2D eigenvalue weighted by Gasteiger charge is 2.25. The Hall–Kier alpha value is -2.35. The molecule has 0 unspecified atom stereocenters. The van der Waals surface area contributed by atoms with Crippen LogP contribution in [0.15, 0.2) is 12.1 Å². The van der Waals surface area contributed by atoms with Crippen molar-refractivity contribution in [3.05, 3.63) is 22.2 Å². The van der Waals surface area contributed by atoms with Gasteiger partial charge in [0.25, 0.3) is 5.69 Å². The van der Waals surface area contributed by atoms with Gasteiger partial charge in [0.05, 0.1) is 17.5 Å². The molecule has 1 fully saturated rings. The number of hydrogen-bond acceptors (Lipinski definition) is 6. The molecule has 1 aliphatic heterocycles. The van der Waals surface area contributed by atoms with E-state index in [9.17, 15) is 14.9 Å². The van der Waals surface area contributed by atoms with E-state index in [4.69, 9.17) is 9.47 Å². The van der Waals surface area contributed by atoms with E-state index < -0.39 is 4.92 Å². The van der Waals surface area contributed by atoms with Gasteiger partial charge in [0.1, 0.15) is 5.69 Å². The van der Waals surface area contributed by atoms with Crippen LogP contribution in [0, 0.1) is 16.0 Å². The number of amides is 1. The molecule has 0 aromatic heterocycles. The number of carbonyl (C=O) groups is 1. The number of ether oxygens (including phenoxy) is 2. The fourth-order valence-electron chi connectivity index (χ4n) is 2.09. The van der Waals surface area contributed by atoms with Crippen LogP contribution in [-0.4, -0.2) is 30.7 Å². The molecule has 1 aliphatic carbocycles. The van der Waals surface area contributed by atoms with Crippen molar-refractivity contribution in [2.75, 3.05) is 25.2 Å². The number of nitro groups is 1. The van der Waals surface area contributed by atoms with Gasteiger partial charge in [-0.2, -0.15) is 0 Å². The molecule has 0 atom stereocenters. The fraction of sp³-hybridized carbons (Fsp3) is 0.462. The topological polar surface area (TPSA) is 103 Å². The summed E-state index contributed by atoms with van der Waals surface area (Å²) < 4.78 is 10.3. The quantitative estimate of drug-likeness (QED) is 0.604. The van der Waals surface area contributed by atoms with Crippen LogP contribution in [0.4, 0.5) is 11.4 Å². The lowest BCUT2D eigenvalue weighted by molar-refractivity contribution is -0.384. The molecule has 8 nitrogen and oxygen atoms in total. The maximum Gasteiger partial charge on any atom is 0.296 e. The summed E-state index contributed by atoms with van der Waals surface area (Å²) in [7, 11) is 0. The van der Waals surface area contributed by atoms with E-state index in [2.05, 4.69) is 10.6 Å². The van der Waals surface area contributed by atoms with Crippen LogP contribution >= 0.6 is 0 Å². The lowest BCUT2D eigenvalue weighted by Gasteiger charge is -2.08. The second kappa shape index (κ2) is 5.57. The fourth-order valence-corrected chi connectivity index (χ4v) is 2.09. The van der Waals surface area contributed by atoms with Crippen LogP contribution < -0.4 is 20.1 Å². The van der Waals surface area contributed by atoms with Gasteiger partial charge in [0.15, 0.2) is 11.5 Å². The summed E-state index contributed by atoms with van der Waals surface area (Å²) in [6, 6.07) is 2.68. The van der Waals surface area contributed by atoms with Crippen molar-refractivity contribution < 1.29 is 19.2 Å². The first kappa shape index (κ1) is 13.6. The average molecular weight is 293 g/mol. The number of nitrogens with one attached hydrogen (secondary N) is 2. The molecule has 1 amide bonds. The first-order valence-corrected chi connectivity index (χ1v) is 6.72. The molecule has 1 aromatic carbocycles. The second-order valence-electron chi connectivity index (χ2n) is 5.10. The summed E-state index contributed by atoms with van der Waals surface area (Å²) in [6.07, 6.45) is 2.39. The van der Waals surface area contributed by atoms with Gasteiger partial charge < -0.3 is 20.1 Å². The largest absolute Gasteiger partial charge is 0.454 e. The Morgan fingerprint density at radius 2 is 2.05 bits per heavy atom. The standard InChI is InChI=1S/C13H15N3O5/c17-13(6-14-5-8-1-2-8)15-9-3-11-12(21-7-20-11)4-10(9)16(18)19/h3-4,8,14H,1-2,5-7H2,(H,15,17). The number of nitro benzene ring substituents is 1. The minimum absolute atomic E-state index is 0.0207. The number of hydrogen-bond donors (Lipinski definition) is 2. The highest BCUT2D eigenvalue weighted by Crippen LogP contribution is 2.40. The van der Waals surface area contributed by atoms with Crippen LogP contribution in [0.25, 0.3) is 0 Å². The molecule has 1 aromatic rings. The van der Waals surface area contributed by atoms with Crippen LogP contribution in [0.1, 0.15) is 12.8 Å². The first-order chi connectivity index (χ1) is 10.1. The van der Waals surface area contributed by atoms with Crippen molar-refractivity contribution in [2.45, 2.75) is 12.8 Å². The van der Waals surface area contributed by atoms with Crippen molar-refractivity contribution >= 4 is 17.3 Å². The van der Waals surface area contributed by atoms with Gasteiger partial charge in [0.2, 0.25) is 12.7 Å². The number of benzene rings is 1. The van der Waals surface area contributed by atoms with E-state index in [-0.39, 0.29) is 30.6 Å². The average Bonchev–Trinajstić information content (AvgIpc) is 3.14. The predicted molar refractivity (Wildman–Crippen MR) is 73.4 cm³/mol. The van der Waals surface area contributed by atoms with E-state index in [1.54, 1.807) is 0 Å². The summed E-state index contributed by atoms with van der Waals surface area (Å²) in [4.78, 5) is 22.3. The summed E-state index contributed by atoms with van der Waals surface area (Å²) in [5.41, 5.74) is -0.0998. The highest BCUT2D eigenvalue weighted by atomic mass is 16.7. The second-order valence-corrected chi connectivity index (χ2v) is 5.10. The normalized spacial score (nSPS) is 15.8. The molecular formula is C13H15N3O5. The van der Waals surface area contributed by atoms with E-state index in [0.29, 0.717) is 17.4 Å². The van der Waals surface area contributed by atoms with Gasteiger partial charge in [-0.3, -0.25) is 14.9 Å². The van der Waals surface area contributed by atoms with E-state index in [1.807, 2.05) is 0 Å². The Kier molecular flexibility index (Phi) is 3.61. The van der Waals surface area contributed by atoms with Crippen LogP contribution in [0.3, 0.4) is 0 Å². The van der Waals surface area contributed by atoms with Gasteiger partial charge in [-0.05, 0) is 25.3 Å². The number of nitrogens with zero attached hydrogens (tertiary/aromatic N) is 1. The number of fused-ring (bicyclic) bond motifs is 1. The lowest BCUT2D eigenvalue weighted by Crippen LogP contribution is -2.29. The maximum atomic E-state index is 11.8. The van der Waals surface area contributed by atoms with E-state index >= 15 is 0 Å². The van der Waals surface area contributed by atoms with Gasteiger partial charge in [-0.1, -0.05) is 0 Å².